The third-order valence-electron chi connectivity index (χ3n) is 3.95. The summed E-state index contributed by atoms with van der Waals surface area (Å²) in [5, 5.41) is 6.64. The summed E-state index contributed by atoms with van der Waals surface area (Å²) in [5.41, 5.74) is 2.35. The summed E-state index contributed by atoms with van der Waals surface area (Å²) in [6.45, 7) is 5.41. The number of rotatable bonds is 9. The predicted molar refractivity (Wildman–Crippen MR) is 110 cm³/mol. The maximum absolute atomic E-state index is 5.63. The van der Waals surface area contributed by atoms with Gasteiger partial charge in [0.15, 0.2) is 5.96 Å². The highest BCUT2D eigenvalue weighted by Gasteiger charge is 2.20. The second-order valence-corrected chi connectivity index (χ2v) is 6.03. The molecule has 0 saturated heterocycles. The van der Waals surface area contributed by atoms with E-state index in [9.17, 15) is 0 Å². The van der Waals surface area contributed by atoms with Crippen LogP contribution in [0.5, 0.6) is 5.75 Å². The zero-order valence-corrected chi connectivity index (χ0v) is 17.3. The summed E-state index contributed by atoms with van der Waals surface area (Å²) in [7, 11) is 3.48. The molecule has 0 bridgehead atoms. The molecule has 0 amide bonds. The highest BCUT2D eigenvalue weighted by molar-refractivity contribution is 14.0. The topological polar surface area (TPSA) is 54.9 Å². The molecule has 0 heterocycles. The minimum Gasteiger partial charge on any atom is -0.496 e. The molecule has 2 N–H and O–H groups in total. The fourth-order valence-corrected chi connectivity index (χ4v) is 2.37. The number of nitrogens with zero attached hydrogens (tertiary/aromatic N) is 1. The average molecular weight is 447 g/mol. The maximum Gasteiger partial charge on any atom is 0.191 e. The van der Waals surface area contributed by atoms with Crippen molar-refractivity contribution in [2.24, 2.45) is 10.9 Å². The molecule has 1 aliphatic rings. The molecule has 0 spiro atoms. The molecule has 1 aliphatic carbocycles. The van der Waals surface area contributed by atoms with E-state index in [0.29, 0.717) is 0 Å². The molecule has 5 nitrogen and oxygen atoms in total. The normalized spacial score (nSPS) is 14.0. The van der Waals surface area contributed by atoms with E-state index in [1.807, 2.05) is 6.07 Å². The monoisotopic (exact) mass is 447 g/mol. The third kappa shape index (κ3) is 7.70. The first kappa shape index (κ1) is 21.0. The summed E-state index contributed by atoms with van der Waals surface area (Å²) in [6.07, 6.45) is 3.69. The molecule has 0 radical (unpaired) electrons. The van der Waals surface area contributed by atoms with Crippen molar-refractivity contribution < 1.29 is 9.47 Å². The van der Waals surface area contributed by atoms with E-state index in [4.69, 9.17) is 9.47 Å². The molecule has 0 atom stereocenters. The van der Waals surface area contributed by atoms with Gasteiger partial charge in [0.2, 0.25) is 0 Å². The molecule has 24 heavy (non-hydrogen) atoms. The highest BCUT2D eigenvalue weighted by atomic mass is 127. The fourth-order valence-electron chi connectivity index (χ4n) is 2.37. The van der Waals surface area contributed by atoms with Crippen LogP contribution in [0, 0.1) is 12.8 Å². The molecule has 6 heteroatoms. The van der Waals surface area contributed by atoms with Crippen LogP contribution in [-0.2, 0) is 11.3 Å². The Bertz CT molecular complexity index is 519. The van der Waals surface area contributed by atoms with Gasteiger partial charge in [-0.05, 0) is 49.3 Å². The summed E-state index contributed by atoms with van der Waals surface area (Å²) < 4.78 is 10.9. The quantitative estimate of drug-likeness (QED) is 0.265. The number of benzene rings is 1. The largest absolute Gasteiger partial charge is 0.496 e. The van der Waals surface area contributed by atoms with Crippen molar-refractivity contribution in [2.75, 3.05) is 33.9 Å². The number of hydrogen-bond acceptors (Lipinski definition) is 3. The lowest BCUT2D eigenvalue weighted by Crippen LogP contribution is -2.37. The standard InChI is InChI=1S/C18H29N3O2.HI/c1-14-11-16(7-8-17(14)22-3)12-21-18(19-2)20-9-4-10-23-13-15-5-6-15;/h7-8,11,15H,4-6,9-10,12-13H2,1-3H3,(H2,19,20,21);1H. The first-order valence-electron chi connectivity index (χ1n) is 8.38. The van der Waals surface area contributed by atoms with Crippen LogP contribution in [-0.4, -0.2) is 39.9 Å². The summed E-state index contributed by atoms with van der Waals surface area (Å²) in [6, 6.07) is 6.20. The van der Waals surface area contributed by atoms with E-state index >= 15 is 0 Å². The lowest BCUT2D eigenvalue weighted by molar-refractivity contribution is 0.123. The van der Waals surface area contributed by atoms with Crippen molar-refractivity contribution in [3.05, 3.63) is 29.3 Å². The number of guanidine groups is 1. The number of methoxy groups -OCH3 is 1. The maximum atomic E-state index is 5.63. The highest BCUT2D eigenvalue weighted by Crippen LogP contribution is 2.28. The van der Waals surface area contributed by atoms with E-state index in [1.165, 1.54) is 18.4 Å². The van der Waals surface area contributed by atoms with Gasteiger partial charge in [-0.1, -0.05) is 12.1 Å². The number of hydrogen-bond donors (Lipinski definition) is 2. The molecule has 1 saturated carbocycles. The molecule has 0 unspecified atom stereocenters. The van der Waals surface area contributed by atoms with Gasteiger partial charge in [-0.15, -0.1) is 24.0 Å². The lowest BCUT2D eigenvalue weighted by atomic mass is 10.1. The zero-order chi connectivity index (χ0) is 16.5. The second-order valence-electron chi connectivity index (χ2n) is 6.03. The smallest absolute Gasteiger partial charge is 0.191 e. The van der Waals surface area contributed by atoms with Crippen LogP contribution >= 0.6 is 24.0 Å². The van der Waals surface area contributed by atoms with E-state index in [1.54, 1.807) is 14.2 Å². The van der Waals surface area contributed by atoms with Crippen molar-refractivity contribution >= 4 is 29.9 Å². The van der Waals surface area contributed by atoms with Crippen LogP contribution in [0.15, 0.2) is 23.2 Å². The Morgan fingerprint density at radius 1 is 1.29 bits per heavy atom. The number of nitrogens with one attached hydrogen (secondary N) is 2. The lowest BCUT2D eigenvalue weighted by Gasteiger charge is -2.13. The van der Waals surface area contributed by atoms with Crippen LogP contribution in [0.1, 0.15) is 30.4 Å². The van der Waals surface area contributed by atoms with Crippen molar-refractivity contribution in [1.82, 2.24) is 10.6 Å². The van der Waals surface area contributed by atoms with Gasteiger partial charge in [0.05, 0.1) is 7.11 Å². The minimum atomic E-state index is 0. The van der Waals surface area contributed by atoms with Gasteiger partial charge in [0, 0.05) is 33.4 Å². The van der Waals surface area contributed by atoms with Crippen LogP contribution in [0.4, 0.5) is 0 Å². The Balaban J connectivity index is 0.00000288. The molecule has 136 valence electrons. The van der Waals surface area contributed by atoms with Crippen LogP contribution in [0.2, 0.25) is 0 Å². The van der Waals surface area contributed by atoms with Crippen molar-refractivity contribution in [3.8, 4) is 5.75 Å². The number of aliphatic imine (C=N–C) groups is 1. The van der Waals surface area contributed by atoms with Crippen LogP contribution in [0.25, 0.3) is 0 Å². The van der Waals surface area contributed by atoms with Crippen molar-refractivity contribution in [2.45, 2.75) is 32.7 Å². The van der Waals surface area contributed by atoms with Crippen molar-refractivity contribution in [3.63, 3.8) is 0 Å². The van der Waals surface area contributed by atoms with Crippen LogP contribution in [0.3, 0.4) is 0 Å². The Hall–Kier alpha value is -1.02. The molecule has 1 fully saturated rings. The van der Waals surface area contributed by atoms with E-state index < -0.39 is 0 Å². The summed E-state index contributed by atoms with van der Waals surface area (Å²) in [4.78, 5) is 4.24. The molecule has 0 aromatic heterocycles. The second kappa shape index (κ2) is 11.5. The summed E-state index contributed by atoms with van der Waals surface area (Å²) in [5.74, 6) is 2.58. The van der Waals surface area contributed by atoms with Gasteiger partial charge in [0.1, 0.15) is 5.75 Å². The van der Waals surface area contributed by atoms with Gasteiger partial charge in [-0.25, -0.2) is 0 Å². The first-order valence-corrected chi connectivity index (χ1v) is 8.38. The number of ether oxygens (including phenoxy) is 2. The minimum absolute atomic E-state index is 0. The van der Waals surface area contributed by atoms with Crippen LogP contribution < -0.4 is 15.4 Å². The van der Waals surface area contributed by atoms with Gasteiger partial charge in [0.25, 0.3) is 0 Å². The Morgan fingerprint density at radius 2 is 2.08 bits per heavy atom. The molecule has 0 aliphatic heterocycles. The molecule has 2 rings (SSSR count). The number of halogens is 1. The van der Waals surface area contributed by atoms with Gasteiger partial charge in [-0.3, -0.25) is 4.99 Å². The van der Waals surface area contributed by atoms with Gasteiger partial charge in [-0.2, -0.15) is 0 Å². The van der Waals surface area contributed by atoms with Crippen molar-refractivity contribution in [1.29, 1.82) is 0 Å². The summed E-state index contributed by atoms with van der Waals surface area (Å²) >= 11 is 0. The number of aryl methyl sites for hydroxylation is 1. The SMILES string of the molecule is CN=C(NCCCOCC1CC1)NCc1ccc(OC)c(C)c1.I. The predicted octanol–water partition coefficient (Wildman–Crippen LogP) is 3.10. The first-order chi connectivity index (χ1) is 11.2. The Kier molecular flexibility index (Phi) is 10.1. The Labute approximate surface area is 162 Å². The fraction of sp³-hybridized carbons (Fsp3) is 0.611. The average Bonchev–Trinajstić information content (AvgIpc) is 3.38. The molecular formula is C18H30IN3O2. The molecule has 1 aromatic rings. The van der Waals surface area contributed by atoms with E-state index in [2.05, 4.69) is 34.7 Å². The molecular weight excluding hydrogens is 417 g/mol. The van der Waals surface area contributed by atoms with Gasteiger partial charge >= 0.3 is 0 Å². The molecule has 1 aromatic carbocycles. The zero-order valence-electron chi connectivity index (χ0n) is 14.9. The van der Waals surface area contributed by atoms with E-state index in [-0.39, 0.29) is 24.0 Å². The Morgan fingerprint density at radius 3 is 2.71 bits per heavy atom. The third-order valence-corrected chi connectivity index (χ3v) is 3.95. The van der Waals surface area contributed by atoms with Gasteiger partial charge < -0.3 is 20.1 Å². The van der Waals surface area contributed by atoms with E-state index in [0.717, 1.165) is 55.9 Å².